The second kappa shape index (κ2) is 7.88. The van der Waals surface area contributed by atoms with Gasteiger partial charge in [-0.2, -0.15) is 5.10 Å². The van der Waals surface area contributed by atoms with E-state index in [0.717, 1.165) is 6.42 Å². The van der Waals surface area contributed by atoms with E-state index in [9.17, 15) is 14.9 Å². The Balaban J connectivity index is 2.83. The maximum absolute atomic E-state index is 12.3. The Labute approximate surface area is 129 Å². The summed E-state index contributed by atoms with van der Waals surface area (Å²) >= 11 is 0. The Morgan fingerprint density at radius 3 is 2.64 bits per heavy atom. The fourth-order valence-electron chi connectivity index (χ4n) is 2.59. The highest BCUT2D eigenvalue weighted by Crippen LogP contribution is 2.22. The molecule has 1 rings (SSSR count). The molecule has 2 N–H and O–H groups in total. The van der Waals surface area contributed by atoms with Crippen molar-refractivity contribution >= 4 is 11.6 Å². The molecule has 1 aromatic heterocycles. The van der Waals surface area contributed by atoms with Gasteiger partial charge in [0.05, 0.1) is 4.92 Å². The van der Waals surface area contributed by atoms with Crippen LogP contribution in [0.15, 0.2) is 0 Å². The number of rotatable bonds is 8. The molecule has 0 radical (unpaired) electrons. The van der Waals surface area contributed by atoms with Gasteiger partial charge in [0.1, 0.15) is 5.69 Å². The second-order valence-electron chi connectivity index (χ2n) is 5.88. The molecule has 0 spiro atoms. The number of nitro groups is 1. The van der Waals surface area contributed by atoms with Crippen LogP contribution in [0.25, 0.3) is 0 Å². The molecule has 0 aromatic carbocycles. The fourth-order valence-corrected chi connectivity index (χ4v) is 2.59. The van der Waals surface area contributed by atoms with Crippen LogP contribution in [-0.4, -0.2) is 38.9 Å². The predicted molar refractivity (Wildman–Crippen MR) is 81.6 cm³/mol. The van der Waals surface area contributed by atoms with Crippen LogP contribution in [0.2, 0.25) is 0 Å². The van der Waals surface area contributed by atoms with Crippen LogP contribution in [0.4, 0.5) is 5.69 Å². The highest BCUT2D eigenvalue weighted by Gasteiger charge is 2.29. The molecule has 8 nitrogen and oxygen atoms in total. The lowest BCUT2D eigenvalue weighted by Gasteiger charge is -2.18. The third-order valence-electron chi connectivity index (χ3n) is 3.48. The summed E-state index contributed by atoms with van der Waals surface area (Å²) in [6.45, 7) is 6.07. The highest BCUT2D eigenvalue weighted by atomic mass is 16.6. The third kappa shape index (κ3) is 4.52. The van der Waals surface area contributed by atoms with Crippen molar-refractivity contribution in [3.63, 3.8) is 0 Å². The van der Waals surface area contributed by atoms with E-state index in [1.165, 1.54) is 18.7 Å². The van der Waals surface area contributed by atoms with Gasteiger partial charge in [-0.25, -0.2) is 0 Å². The minimum Gasteiger partial charge on any atom is -0.396 e. The number of nitrogens with one attached hydrogen (secondary N) is 1. The van der Waals surface area contributed by atoms with Gasteiger partial charge < -0.3 is 10.4 Å². The van der Waals surface area contributed by atoms with Gasteiger partial charge in [-0.05, 0) is 31.6 Å². The average Bonchev–Trinajstić information content (AvgIpc) is 2.70. The summed E-state index contributed by atoms with van der Waals surface area (Å²) in [4.78, 5) is 22.8. The van der Waals surface area contributed by atoms with Crippen LogP contribution in [0, 0.1) is 28.9 Å². The number of aryl methyl sites for hydroxylation is 2. The van der Waals surface area contributed by atoms with Gasteiger partial charge in [0, 0.05) is 20.2 Å². The number of aliphatic hydroxyl groups excluding tert-OH is 1. The van der Waals surface area contributed by atoms with E-state index in [1.807, 2.05) is 0 Å². The summed E-state index contributed by atoms with van der Waals surface area (Å²) in [6, 6.07) is 0. The van der Waals surface area contributed by atoms with E-state index in [4.69, 9.17) is 5.11 Å². The molecule has 0 fully saturated rings. The summed E-state index contributed by atoms with van der Waals surface area (Å²) in [5.41, 5.74) is -0.0934. The van der Waals surface area contributed by atoms with Gasteiger partial charge in [0.15, 0.2) is 0 Å². The normalized spacial score (nSPS) is 12.5. The molecule has 0 aliphatic heterocycles. The fraction of sp³-hybridized carbons (Fsp3) is 0.714. The van der Waals surface area contributed by atoms with E-state index in [2.05, 4.69) is 24.3 Å². The zero-order chi connectivity index (χ0) is 16.9. The van der Waals surface area contributed by atoms with Crippen LogP contribution < -0.4 is 5.32 Å². The summed E-state index contributed by atoms with van der Waals surface area (Å²) in [7, 11) is 1.51. The van der Waals surface area contributed by atoms with Gasteiger partial charge in [-0.15, -0.1) is 0 Å². The van der Waals surface area contributed by atoms with Gasteiger partial charge in [-0.3, -0.25) is 19.6 Å². The second-order valence-corrected chi connectivity index (χ2v) is 5.88. The van der Waals surface area contributed by atoms with E-state index in [-0.39, 0.29) is 29.6 Å². The van der Waals surface area contributed by atoms with E-state index >= 15 is 0 Å². The number of amides is 1. The van der Waals surface area contributed by atoms with Crippen molar-refractivity contribution in [2.24, 2.45) is 18.9 Å². The maximum Gasteiger partial charge on any atom is 0.322 e. The first-order valence-corrected chi connectivity index (χ1v) is 7.34. The number of hydrogen-bond donors (Lipinski definition) is 2. The third-order valence-corrected chi connectivity index (χ3v) is 3.48. The Hall–Kier alpha value is -1.96. The monoisotopic (exact) mass is 312 g/mol. The van der Waals surface area contributed by atoms with Crippen molar-refractivity contribution < 1.29 is 14.8 Å². The molecule has 22 heavy (non-hydrogen) atoms. The maximum atomic E-state index is 12.3. The number of carbonyl (C=O) groups is 1. The van der Waals surface area contributed by atoms with Crippen molar-refractivity contribution in [1.29, 1.82) is 0 Å². The Morgan fingerprint density at radius 2 is 2.14 bits per heavy atom. The molecule has 0 aliphatic carbocycles. The number of hydrogen-bond acceptors (Lipinski definition) is 5. The molecule has 8 heteroatoms. The minimum absolute atomic E-state index is 0.0465. The summed E-state index contributed by atoms with van der Waals surface area (Å²) in [6.07, 6.45) is 1.46. The predicted octanol–water partition coefficient (Wildman–Crippen LogP) is 1.41. The van der Waals surface area contributed by atoms with Crippen molar-refractivity contribution in [2.45, 2.75) is 33.6 Å². The van der Waals surface area contributed by atoms with Gasteiger partial charge >= 0.3 is 5.69 Å². The first kappa shape index (κ1) is 18.1. The number of aliphatic hydroxyl groups is 1. The number of carbonyl (C=O) groups excluding carboxylic acids is 1. The first-order valence-electron chi connectivity index (χ1n) is 7.34. The molecule has 1 aromatic rings. The van der Waals surface area contributed by atoms with Crippen molar-refractivity contribution in [3.8, 4) is 0 Å². The molecule has 1 unspecified atom stereocenters. The average molecular weight is 312 g/mol. The molecule has 1 heterocycles. The van der Waals surface area contributed by atoms with Crippen LogP contribution in [0.3, 0.4) is 0 Å². The van der Waals surface area contributed by atoms with Crippen LogP contribution in [0.5, 0.6) is 0 Å². The lowest BCUT2D eigenvalue weighted by atomic mass is 9.94. The zero-order valence-corrected chi connectivity index (χ0v) is 13.5. The number of nitrogens with zero attached hydrogens (tertiary/aromatic N) is 3. The smallest absolute Gasteiger partial charge is 0.322 e. The summed E-state index contributed by atoms with van der Waals surface area (Å²) in [5.74, 6) is 0.0746. The molecular formula is C14H24N4O4. The SMILES string of the molecule is Cc1nn(C)c(C(=O)NCC(CCO)CC(C)C)c1[N+](=O)[O-]. The molecule has 0 aliphatic rings. The van der Waals surface area contributed by atoms with Crippen molar-refractivity contribution in [1.82, 2.24) is 15.1 Å². The van der Waals surface area contributed by atoms with Crippen LogP contribution in [0.1, 0.15) is 42.9 Å². The lowest BCUT2D eigenvalue weighted by molar-refractivity contribution is -0.385. The number of aromatic nitrogens is 2. The van der Waals surface area contributed by atoms with Gasteiger partial charge in [0.25, 0.3) is 5.91 Å². The van der Waals surface area contributed by atoms with Crippen molar-refractivity contribution in [3.05, 3.63) is 21.5 Å². The standard InChI is InChI=1S/C14H24N4O4/c1-9(2)7-11(5-6-19)8-15-14(20)13-12(18(21)22)10(3)16-17(13)4/h9,11,19H,5-8H2,1-4H3,(H,15,20). The van der Waals surface area contributed by atoms with E-state index in [1.54, 1.807) is 0 Å². The molecule has 0 bridgehead atoms. The Morgan fingerprint density at radius 1 is 1.50 bits per heavy atom. The molecule has 1 amide bonds. The van der Waals surface area contributed by atoms with Gasteiger partial charge in [0.2, 0.25) is 5.69 Å². The molecule has 124 valence electrons. The molecule has 0 saturated carbocycles. The van der Waals surface area contributed by atoms with E-state index < -0.39 is 10.8 Å². The van der Waals surface area contributed by atoms with Gasteiger partial charge in [-0.1, -0.05) is 13.8 Å². The Kier molecular flexibility index (Phi) is 6.48. The lowest BCUT2D eigenvalue weighted by Crippen LogP contribution is -2.32. The van der Waals surface area contributed by atoms with Crippen LogP contribution in [-0.2, 0) is 7.05 Å². The zero-order valence-electron chi connectivity index (χ0n) is 13.5. The highest BCUT2D eigenvalue weighted by molar-refractivity contribution is 5.96. The summed E-state index contributed by atoms with van der Waals surface area (Å²) < 4.78 is 1.23. The molecule has 0 saturated heterocycles. The summed E-state index contributed by atoms with van der Waals surface area (Å²) in [5, 5.41) is 26.8. The largest absolute Gasteiger partial charge is 0.396 e. The molecular weight excluding hydrogens is 288 g/mol. The topological polar surface area (TPSA) is 110 Å². The van der Waals surface area contributed by atoms with Crippen molar-refractivity contribution in [2.75, 3.05) is 13.2 Å². The van der Waals surface area contributed by atoms with E-state index in [0.29, 0.717) is 18.9 Å². The first-order chi connectivity index (χ1) is 10.3. The Bertz CT molecular complexity index is 539. The minimum atomic E-state index is -0.587. The molecule has 1 atom stereocenters. The quantitative estimate of drug-likeness (QED) is 0.557. The van der Waals surface area contributed by atoms with Crippen LogP contribution >= 0.6 is 0 Å².